The van der Waals surface area contributed by atoms with E-state index in [-0.39, 0.29) is 6.10 Å². The van der Waals surface area contributed by atoms with Crippen LogP contribution in [0.15, 0.2) is 35.7 Å². The molecule has 4 rings (SSSR count). The van der Waals surface area contributed by atoms with Crippen LogP contribution >= 0.6 is 11.3 Å². The Balaban J connectivity index is 1.65. The van der Waals surface area contributed by atoms with Crippen molar-refractivity contribution in [2.45, 2.75) is 25.1 Å². The maximum atomic E-state index is 12.8. The lowest BCUT2D eigenvalue weighted by Crippen LogP contribution is -2.38. The highest BCUT2D eigenvalue weighted by molar-refractivity contribution is 7.17. The zero-order chi connectivity index (χ0) is 19.0. The molecule has 142 valence electrons. The lowest BCUT2D eigenvalue weighted by atomic mass is 10.1. The molecule has 3 aromatic rings. The molecule has 2 aromatic heterocycles. The molecule has 0 bridgehead atoms. The number of hydrogen-bond acceptors (Lipinski definition) is 5. The zero-order valence-electron chi connectivity index (χ0n) is 14.7. The topological polar surface area (TPSA) is 38.2 Å². The monoisotopic (exact) mass is 393 g/mol. The molecular formula is C19H18F3N3OS. The molecule has 0 radical (unpaired) electrons. The SMILES string of the molecule is CN1CCC[C@@H](Oc2nnc(-c3ccc(C(F)(F)F)cc3)c3ccsc23)C1. The second-order valence-electron chi connectivity index (χ2n) is 6.74. The largest absolute Gasteiger partial charge is 0.471 e. The minimum absolute atomic E-state index is 0.0697. The summed E-state index contributed by atoms with van der Waals surface area (Å²) >= 11 is 1.50. The number of rotatable bonds is 3. The van der Waals surface area contributed by atoms with E-state index in [2.05, 4.69) is 22.1 Å². The van der Waals surface area contributed by atoms with E-state index in [0.717, 1.165) is 48.2 Å². The van der Waals surface area contributed by atoms with Gasteiger partial charge in [-0.05, 0) is 50.0 Å². The maximum absolute atomic E-state index is 12.8. The molecule has 27 heavy (non-hydrogen) atoms. The predicted molar refractivity (Wildman–Crippen MR) is 99.0 cm³/mol. The predicted octanol–water partition coefficient (Wildman–Crippen LogP) is 4.85. The summed E-state index contributed by atoms with van der Waals surface area (Å²) in [5.74, 6) is 0.496. The van der Waals surface area contributed by atoms with E-state index in [1.807, 2.05) is 11.4 Å². The summed E-state index contributed by atoms with van der Waals surface area (Å²) in [5, 5.41) is 11.3. The quantitative estimate of drug-likeness (QED) is 0.638. The van der Waals surface area contributed by atoms with E-state index in [0.29, 0.717) is 17.1 Å². The Morgan fingerprint density at radius 3 is 2.63 bits per heavy atom. The fourth-order valence-electron chi connectivity index (χ4n) is 3.34. The minimum Gasteiger partial charge on any atom is -0.471 e. The maximum Gasteiger partial charge on any atom is 0.416 e. The standard InChI is InChI=1S/C19H18F3N3OS/c1-25-9-2-3-14(11-25)26-18-17-15(8-10-27-17)16(23-24-18)12-4-6-13(7-5-12)19(20,21)22/h4-8,10,14H,2-3,9,11H2,1H3/t14-/m1/s1. The number of hydrogen-bond donors (Lipinski definition) is 0. The van der Waals surface area contributed by atoms with Crippen LogP contribution < -0.4 is 4.74 Å². The number of likely N-dealkylation sites (N-methyl/N-ethyl adjacent to an activating group) is 1. The normalized spacial score (nSPS) is 18.7. The van der Waals surface area contributed by atoms with Gasteiger partial charge in [-0.2, -0.15) is 13.2 Å². The van der Waals surface area contributed by atoms with Crippen molar-refractivity contribution in [1.82, 2.24) is 15.1 Å². The lowest BCUT2D eigenvalue weighted by molar-refractivity contribution is -0.137. The Morgan fingerprint density at radius 2 is 1.93 bits per heavy atom. The van der Waals surface area contributed by atoms with Crippen molar-refractivity contribution < 1.29 is 17.9 Å². The van der Waals surface area contributed by atoms with Crippen LogP contribution in [0, 0.1) is 0 Å². The van der Waals surface area contributed by atoms with E-state index in [1.54, 1.807) is 0 Å². The Bertz CT molecular complexity index is 940. The van der Waals surface area contributed by atoms with Gasteiger partial charge < -0.3 is 9.64 Å². The average Bonchev–Trinajstić information content (AvgIpc) is 3.12. The van der Waals surface area contributed by atoms with E-state index in [1.165, 1.54) is 23.5 Å². The van der Waals surface area contributed by atoms with Gasteiger partial charge in [0.15, 0.2) is 0 Å². The van der Waals surface area contributed by atoms with Crippen LogP contribution in [0.3, 0.4) is 0 Å². The Hall–Kier alpha value is -2.19. The van der Waals surface area contributed by atoms with Crippen molar-refractivity contribution in [3.63, 3.8) is 0 Å². The van der Waals surface area contributed by atoms with Crippen molar-refractivity contribution in [2.75, 3.05) is 20.1 Å². The fourth-order valence-corrected chi connectivity index (χ4v) is 4.16. The lowest BCUT2D eigenvalue weighted by Gasteiger charge is -2.29. The van der Waals surface area contributed by atoms with Crippen molar-refractivity contribution in [1.29, 1.82) is 0 Å². The van der Waals surface area contributed by atoms with Gasteiger partial charge in [0.25, 0.3) is 5.88 Å². The van der Waals surface area contributed by atoms with E-state index in [9.17, 15) is 13.2 Å². The molecule has 0 aliphatic carbocycles. The second kappa shape index (κ2) is 7.09. The van der Waals surface area contributed by atoms with Gasteiger partial charge in [0.05, 0.1) is 5.56 Å². The molecule has 8 heteroatoms. The molecule has 1 aliphatic rings. The Labute approximate surface area is 158 Å². The molecule has 0 spiro atoms. The van der Waals surface area contributed by atoms with Crippen molar-refractivity contribution >= 4 is 21.4 Å². The van der Waals surface area contributed by atoms with Gasteiger partial charge in [-0.25, -0.2) is 0 Å². The summed E-state index contributed by atoms with van der Waals surface area (Å²) in [6.45, 7) is 1.90. The van der Waals surface area contributed by atoms with Gasteiger partial charge in [-0.1, -0.05) is 12.1 Å². The number of fused-ring (bicyclic) bond motifs is 1. The molecule has 4 nitrogen and oxygen atoms in total. The van der Waals surface area contributed by atoms with Gasteiger partial charge in [-0.15, -0.1) is 21.5 Å². The van der Waals surface area contributed by atoms with Gasteiger partial charge in [0.1, 0.15) is 16.5 Å². The molecule has 0 N–H and O–H groups in total. The molecule has 0 unspecified atom stereocenters. The highest BCUT2D eigenvalue weighted by atomic mass is 32.1. The minimum atomic E-state index is -4.35. The number of halogens is 3. The van der Waals surface area contributed by atoms with Gasteiger partial charge in [0.2, 0.25) is 0 Å². The number of benzene rings is 1. The molecule has 0 amide bonds. The van der Waals surface area contributed by atoms with Crippen LogP contribution in [-0.2, 0) is 6.18 Å². The van der Waals surface area contributed by atoms with Crippen LogP contribution in [0.4, 0.5) is 13.2 Å². The third-order valence-electron chi connectivity index (χ3n) is 4.70. The molecule has 0 saturated carbocycles. The van der Waals surface area contributed by atoms with Crippen LogP contribution in [0.5, 0.6) is 5.88 Å². The summed E-state index contributed by atoms with van der Waals surface area (Å²) in [5.41, 5.74) is 0.484. The number of piperidine rings is 1. The first-order chi connectivity index (χ1) is 12.9. The van der Waals surface area contributed by atoms with Crippen molar-refractivity contribution in [3.05, 3.63) is 41.3 Å². The van der Waals surface area contributed by atoms with Crippen LogP contribution in [0.1, 0.15) is 18.4 Å². The summed E-state index contributed by atoms with van der Waals surface area (Å²) in [6, 6.07) is 6.90. The molecule has 1 saturated heterocycles. The first-order valence-electron chi connectivity index (χ1n) is 8.68. The summed E-state index contributed by atoms with van der Waals surface area (Å²) in [7, 11) is 2.07. The van der Waals surface area contributed by atoms with Gasteiger partial charge in [0, 0.05) is 17.5 Å². The van der Waals surface area contributed by atoms with Gasteiger partial charge >= 0.3 is 6.18 Å². The van der Waals surface area contributed by atoms with Crippen LogP contribution in [-0.4, -0.2) is 41.3 Å². The number of likely N-dealkylation sites (tertiary alicyclic amines) is 1. The van der Waals surface area contributed by atoms with Crippen LogP contribution in [0.25, 0.3) is 21.3 Å². The number of nitrogens with zero attached hydrogens (tertiary/aromatic N) is 3. The number of ether oxygens (including phenoxy) is 1. The van der Waals surface area contributed by atoms with Crippen molar-refractivity contribution in [2.24, 2.45) is 0 Å². The zero-order valence-corrected chi connectivity index (χ0v) is 15.5. The molecular weight excluding hydrogens is 375 g/mol. The molecule has 3 heterocycles. The molecule has 1 aromatic carbocycles. The van der Waals surface area contributed by atoms with E-state index in [4.69, 9.17) is 4.74 Å². The van der Waals surface area contributed by atoms with Crippen molar-refractivity contribution in [3.8, 4) is 17.1 Å². The highest BCUT2D eigenvalue weighted by Crippen LogP contribution is 2.37. The van der Waals surface area contributed by atoms with Crippen LogP contribution in [0.2, 0.25) is 0 Å². The number of aromatic nitrogens is 2. The highest BCUT2D eigenvalue weighted by Gasteiger charge is 2.30. The number of thiophene rings is 1. The smallest absolute Gasteiger partial charge is 0.416 e. The fraction of sp³-hybridized carbons (Fsp3) is 0.368. The Kier molecular flexibility index (Phi) is 4.77. The average molecular weight is 393 g/mol. The summed E-state index contributed by atoms with van der Waals surface area (Å²) in [4.78, 5) is 2.23. The first kappa shape index (κ1) is 18.2. The van der Waals surface area contributed by atoms with E-state index < -0.39 is 11.7 Å². The number of alkyl halides is 3. The third-order valence-corrected chi connectivity index (χ3v) is 5.60. The first-order valence-corrected chi connectivity index (χ1v) is 9.56. The van der Waals surface area contributed by atoms with E-state index >= 15 is 0 Å². The Morgan fingerprint density at radius 1 is 1.15 bits per heavy atom. The molecule has 1 fully saturated rings. The van der Waals surface area contributed by atoms with Gasteiger partial charge in [-0.3, -0.25) is 0 Å². The summed E-state index contributed by atoms with van der Waals surface area (Å²) in [6.07, 6.45) is -2.24. The molecule has 1 aliphatic heterocycles. The summed E-state index contributed by atoms with van der Waals surface area (Å²) < 4.78 is 45.3. The third kappa shape index (κ3) is 3.77. The second-order valence-corrected chi connectivity index (χ2v) is 7.65. The molecule has 1 atom stereocenters.